The minimum absolute atomic E-state index is 0.180. The first kappa shape index (κ1) is 13.2. The zero-order chi connectivity index (χ0) is 13.1. The molecule has 2 rings (SSSR count). The number of ether oxygens (including phenoxy) is 1. The van der Waals surface area contributed by atoms with Crippen LogP contribution in [0.25, 0.3) is 0 Å². The number of hydrogen-bond donors (Lipinski definition) is 1. The molecular formula is C14H16BrNO2. The first-order valence-electron chi connectivity index (χ1n) is 5.82. The van der Waals surface area contributed by atoms with Gasteiger partial charge in [0.25, 0.3) is 0 Å². The smallest absolute Gasteiger partial charge is 0.133 e. The minimum atomic E-state index is -0.180. The minimum Gasteiger partial charge on any atom is -0.496 e. The third kappa shape index (κ3) is 2.44. The van der Waals surface area contributed by atoms with Gasteiger partial charge in [-0.2, -0.15) is 0 Å². The molecule has 0 aliphatic carbocycles. The molecule has 0 spiro atoms. The normalized spacial score (nSPS) is 12.4. The van der Waals surface area contributed by atoms with E-state index >= 15 is 0 Å². The van der Waals surface area contributed by atoms with Gasteiger partial charge in [-0.05, 0) is 39.7 Å². The second-order valence-electron chi connectivity index (χ2n) is 4.02. The van der Waals surface area contributed by atoms with Crippen molar-refractivity contribution < 1.29 is 9.15 Å². The highest BCUT2D eigenvalue weighted by Crippen LogP contribution is 2.31. The van der Waals surface area contributed by atoms with Crippen LogP contribution in [0.1, 0.15) is 29.9 Å². The summed E-state index contributed by atoms with van der Waals surface area (Å²) in [6, 6.07) is 7.62. The van der Waals surface area contributed by atoms with Crippen LogP contribution in [-0.2, 0) is 6.42 Å². The van der Waals surface area contributed by atoms with Gasteiger partial charge < -0.3 is 14.9 Å². The van der Waals surface area contributed by atoms with E-state index in [-0.39, 0.29) is 6.04 Å². The van der Waals surface area contributed by atoms with Crippen LogP contribution in [0.3, 0.4) is 0 Å². The number of aryl methyl sites for hydroxylation is 1. The van der Waals surface area contributed by atoms with Crippen molar-refractivity contribution >= 4 is 15.9 Å². The molecule has 18 heavy (non-hydrogen) atoms. The van der Waals surface area contributed by atoms with Gasteiger partial charge in [0.1, 0.15) is 11.5 Å². The lowest BCUT2D eigenvalue weighted by Gasteiger charge is -2.13. The fraction of sp³-hybridized carbons (Fsp3) is 0.286. The second kappa shape index (κ2) is 5.59. The Hall–Kier alpha value is -1.26. The summed E-state index contributed by atoms with van der Waals surface area (Å²) in [5, 5.41) is 0. The summed E-state index contributed by atoms with van der Waals surface area (Å²) in [6.07, 6.45) is 2.53. The maximum Gasteiger partial charge on any atom is 0.133 e. The van der Waals surface area contributed by atoms with E-state index in [4.69, 9.17) is 14.9 Å². The Morgan fingerprint density at radius 3 is 2.78 bits per heavy atom. The van der Waals surface area contributed by atoms with Gasteiger partial charge in [0.15, 0.2) is 0 Å². The topological polar surface area (TPSA) is 48.4 Å². The van der Waals surface area contributed by atoms with Gasteiger partial charge in [-0.25, -0.2) is 0 Å². The van der Waals surface area contributed by atoms with Crippen molar-refractivity contribution in [2.45, 2.75) is 19.4 Å². The van der Waals surface area contributed by atoms with Crippen molar-refractivity contribution in [2.75, 3.05) is 7.11 Å². The second-order valence-corrected chi connectivity index (χ2v) is 4.88. The van der Waals surface area contributed by atoms with Gasteiger partial charge in [-0.3, -0.25) is 0 Å². The Bertz CT molecular complexity index is 536. The average molecular weight is 310 g/mol. The third-order valence-corrected chi connectivity index (χ3v) is 3.59. The Morgan fingerprint density at radius 2 is 2.17 bits per heavy atom. The molecule has 96 valence electrons. The molecule has 0 amide bonds. The van der Waals surface area contributed by atoms with E-state index < -0.39 is 0 Å². The summed E-state index contributed by atoms with van der Waals surface area (Å²) >= 11 is 3.47. The summed E-state index contributed by atoms with van der Waals surface area (Å²) in [4.78, 5) is 0. The quantitative estimate of drug-likeness (QED) is 0.937. The first-order chi connectivity index (χ1) is 8.67. The van der Waals surface area contributed by atoms with Crippen molar-refractivity contribution in [1.29, 1.82) is 0 Å². The highest BCUT2D eigenvalue weighted by Gasteiger charge is 2.16. The molecule has 0 saturated carbocycles. The number of hydrogen-bond acceptors (Lipinski definition) is 3. The molecular weight excluding hydrogens is 294 g/mol. The van der Waals surface area contributed by atoms with E-state index in [9.17, 15) is 0 Å². The first-order valence-corrected chi connectivity index (χ1v) is 6.62. The van der Waals surface area contributed by atoms with Crippen LogP contribution in [0.2, 0.25) is 0 Å². The summed E-state index contributed by atoms with van der Waals surface area (Å²) in [5.74, 6) is 1.74. The Labute approximate surface area is 115 Å². The molecule has 3 nitrogen and oxygen atoms in total. The lowest BCUT2D eigenvalue weighted by atomic mass is 9.99. The van der Waals surface area contributed by atoms with Crippen LogP contribution in [0.4, 0.5) is 0 Å². The molecule has 0 radical (unpaired) electrons. The van der Waals surface area contributed by atoms with Crippen molar-refractivity contribution in [3.8, 4) is 5.75 Å². The number of furan rings is 1. The molecule has 0 bridgehead atoms. The summed E-state index contributed by atoms with van der Waals surface area (Å²) in [7, 11) is 1.64. The highest BCUT2D eigenvalue weighted by atomic mass is 79.9. The Morgan fingerprint density at radius 1 is 1.39 bits per heavy atom. The van der Waals surface area contributed by atoms with Gasteiger partial charge >= 0.3 is 0 Å². The summed E-state index contributed by atoms with van der Waals surface area (Å²) < 4.78 is 11.5. The van der Waals surface area contributed by atoms with E-state index in [0.717, 1.165) is 33.5 Å². The Kier molecular flexibility index (Phi) is 4.09. The standard InChI is InChI=1S/C14H16BrNO2/c1-3-12-10(6-7-18-12)14(16)9-4-5-13(17-2)11(15)8-9/h4-8,14H,3,16H2,1-2H3. The van der Waals surface area contributed by atoms with Gasteiger partial charge in [0, 0.05) is 12.0 Å². The predicted octanol–water partition coefficient (Wildman–Crippen LogP) is 3.66. The van der Waals surface area contributed by atoms with Crippen LogP contribution >= 0.6 is 15.9 Å². The maximum atomic E-state index is 6.28. The van der Waals surface area contributed by atoms with Crippen molar-refractivity contribution in [3.05, 3.63) is 51.9 Å². The molecule has 0 aliphatic heterocycles. The summed E-state index contributed by atoms with van der Waals surface area (Å²) in [6.45, 7) is 2.05. The van der Waals surface area contributed by atoms with Gasteiger partial charge in [-0.15, -0.1) is 0 Å². The van der Waals surface area contributed by atoms with Crippen LogP contribution in [0.5, 0.6) is 5.75 Å². The molecule has 0 saturated heterocycles. The number of rotatable bonds is 4. The Balaban J connectivity index is 2.34. The zero-order valence-corrected chi connectivity index (χ0v) is 12.0. The van der Waals surface area contributed by atoms with Crippen molar-refractivity contribution in [2.24, 2.45) is 5.73 Å². The molecule has 0 aliphatic rings. The van der Waals surface area contributed by atoms with Crippen LogP contribution in [0.15, 0.2) is 39.4 Å². The molecule has 1 atom stereocenters. The molecule has 1 heterocycles. The fourth-order valence-electron chi connectivity index (χ4n) is 1.97. The molecule has 4 heteroatoms. The van der Waals surface area contributed by atoms with Gasteiger partial charge in [0.2, 0.25) is 0 Å². The van der Waals surface area contributed by atoms with Crippen molar-refractivity contribution in [1.82, 2.24) is 0 Å². The average Bonchev–Trinajstić information content (AvgIpc) is 2.86. The SMILES string of the molecule is CCc1occc1C(N)c1ccc(OC)c(Br)c1. The molecule has 1 aromatic carbocycles. The number of methoxy groups -OCH3 is 1. The van der Waals surface area contributed by atoms with E-state index in [1.165, 1.54) is 0 Å². The molecule has 0 fully saturated rings. The van der Waals surface area contributed by atoms with Gasteiger partial charge in [-0.1, -0.05) is 13.0 Å². The molecule has 1 unspecified atom stereocenters. The lowest BCUT2D eigenvalue weighted by Crippen LogP contribution is -2.12. The predicted molar refractivity (Wildman–Crippen MR) is 74.8 cm³/mol. The highest BCUT2D eigenvalue weighted by molar-refractivity contribution is 9.10. The number of benzene rings is 1. The van der Waals surface area contributed by atoms with Crippen LogP contribution in [0, 0.1) is 0 Å². The summed E-state index contributed by atoms with van der Waals surface area (Å²) in [5.41, 5.74) is 8.34. The van der Waals surface area contributed by atoms with E-state index in [2.05, 4.69) is 22.9 Å². The van der Waals surface area contributed by atoms with Crippen LogP contribution in [-0.4, -0.2) is 7.11 Å². The van der Waals surface area contributed by atoms with Crippen LogP contribution < -0.4 is 10.5 Å². The van der Waals surface area contributed by atoms with E-state index in [1.54, 1.807) is 13.4 Å². The molecule has 2 aromatic rings. The number of halogens is 1. The largest absolute Gasteiger partial charge is 0.496 e. The van der Waals surface area contributed by atoms with E-state index in [0.29, 0.717) is 0 Å². The zero-order valence-electron chi connectivity index (χ0n) is 10.4. The van der Waals surface area contributed by atoms with Gasteiger partial charge in [0.05, 0.1) is 23.9 Å². The monoisotopic (exact) mass is 309 g/mol. The third-order valence-electron chi connectivity index (χ3n) is 2.97. The maximum absolute atomic E-state index is 6.28. The fourth-order valence-corrected chi connectivity index (χ4v) is 2.53. The van der Waals surface area contributed by atoms with Crippen molar-refractivity contribution in [3.63, 3.8) is 0 Å². The number of nitrogens with two attached hydrogens (primary N) is 1. The van der Waals surface area contributed by atoms with E-state index in [1.807, 2.05) is 24.3 Å². The molecule has 1 aromatic heterocycles. The lowest BCUT2D eigenvalue weighted by molar-refractivity contribution is 0.412. The molecule has 2 N–H and O–H groups in total.